The Kier molecular flexibility index (Phi) is 6.36. The van der Waals surface area contributed by atoms with Gasteiger partial charge in [-0.3, -0.25) is 4.79 Å². The van der Waals surface area contributed by atoms with Crippen molar-refractivity contribution in [1.82, 2.24) is 4.98 Å². The van der Waals surface area contributed by atoms with Gasteiger partial charge in [0.05, 0.1) is 24.3 Å². The first-order chi connectivity index (χ1) is 13.5. The number of rotatable bonds is 7. The second-order valence-electron chi connectivity index (χ2n) is 6.05. The molecule has 3 aromatic rings. The fourth-order valence-electron chi connectivity index (χ4n) is 2.71. The van der Waals surface area contributed by atoms with Gasteiger partial charge in [0.25, 0.3) is 0 Å². The largest absolute Gasteiger partial charge is 0.493 e. The van der Waals surface area contributed by atoms with Crippen LogP contribution in [0.2, 0.25) is 0 Å². The van der Waals surface area contributed by atoms with Gasteiger partial charge in [-0.1, -0.05) is 12.1 Å². The number of esters is 1. The maximum Gasteiger partial charge on any atom is 0.312 e. The van der Waals surface area contributed by atoms with E-state index >= 15 is 0 Å². The van der Waals surface area contributed by atoms with Crippen LogP contribution in [0.5, 0.6) is 5.75 Å². The predicted molar refractivity (Wildman–Crippen MR) is 103 cm³/mol. The normalized spacial score (nSPS) is 11.9. The SMILES string of the molecule is CCOc1ccccc1-c1nc(CC(=O)OC(C)c2cc(F)ccc2F)cs1. The summed E-state index contributed by atoms with van der Waals surface area (Å²) in [5.41, 5.74) is 1.39. The van der Waals surface area contributed by atoms with Crippen molar-refractivity contribution in [2.24, 2.45) is 0 Å². The van der Waals surface area contributed by atoms with Crippen molar-refractivity contribution in [2.75, 3.05) is 6.61 Å². The van der Waals surface area contributed by atoms with Crippen molar-refractivity contribution in [3.63, 3.8) is 0 Å². The first-order valence-corrected chi connectivity index (χ1v) is 9.67. The van der Waals surface area contributed by atoms with E-state index in [1.54, 1.807) is 5.38 Å². The lowest BCUT2D eigenvalue weighted by Crippen LogP contribution is -2.13. The second-order valence-corrected chi connectivity index (χ2v) is 6.91. The van der Waals surface area contributed by atoms with E-state index in [9.17, 15) is 13.6 Å². The predicted octanol–water partition coefficient (Wildman–Crippen LogP) is 5.33. The summed E-state index contributed by atoms with van der Waals surface area (Å²) in [4.78, 5) is 16.7. The molecule has 3 rings (SSSR count). The number of carbonyl (C=O) groups excluding carboxylic acids is 1. The van der Waals surface area contributed by atoms with E-state index in [2.05, 4.69) is 4.98 Å². The smallest absolute Gasteiger partial charge is 0.312 e. The van der Waals surface area contributed by atoms with Crippen LogP contribution >= 0.6 is 11.3 Å². The van der Waals surface area contributed by atoms with Crippen LogP contribution in [-0.4, -0.2) is 17.6 Å². The van der Waals surface area contributed by atoms with Gasteiger partial charge in [0, 0.05) is 10.9 Å². The highest BCUT2D eigenvalue weighted by molar-refractivity contribution is 7.13. The molecule has 0 saturated heterocycles. The van der Waals surface area contributed by atoms with Gasteiger partial charge in [-0.2, -0.15) is 0 Å². The summed E-state index contributed by atoms with van der Waals surface area (Å²) in [7, 11) is 0. The van der Waals surface area contributed by atoms with E-state index in [0.717, 1.165) is 34.5 Å². The van der Waals surface area contributed by atoms with Crippen LogP contribution in [0.25, 0.3) is 10.6 Å². The summed E-state index contributed by atoms with van der Waals surface area (Å²) >= 11 is 1.40. The zero-order valence-corrected chi connectivity index (χ0v) is 16.3. The Hall–Kier alpha value is -2.80. The van der Waals surface area contributed by atoms with Gasteiger partial charge >= 0.3 is 5.97 Å². The lowest BCUT2D eigenvalue weighted by Gasteiger charge is -2.14. The van der Waals surface area contributed by atoms with Gasteiger partial charge in [0.15, 0.2) is 0 Å². The number of nitrogens with zero attached hydrogens (tertiary/aromatic N) is 1. The average molecular weight is 403 g/mol. The summed E-state index contributed by atoms with van der Waals surface area (Å²) in [5, 5.41) is 2.50. The van der Waals surface area contributed by atoms with Crippen LogP contribution in [0.1, 0.15) is 31.2 Å². The van der Waals surface area contributed by atoms with Crippen LogP contribution in [0.4, 0.5) is 8.78 Å². The number of thiazole rings is 1. The molecule has 146 valence electrons. The molecule has 4 nitrogen and oxygen atoms in total. The molecule has 0 aliphatic rings. The quantitative estimate of drug-likeness (QED) is 0.500. The van der Waals surface area contributed by atoms with Crippen molar-refractivity contribution >= 4 is 17.3 Å². The zero-order valence-electron chi connectivity index (χ0n) is 15.4. The fraction of sp³-hybridized carbons (Fsp3) is 0.238. The third kappa shape index (κ3) is 4.72. The van der Waals surface area contributed by atoms with Crippen molar-refractivity contribution in [2.45, 2.75) is 26.4 Å². The number of ether oxygens (including phenoxy) is 2. The number of para-hydroxylation sites is 1. The summed E-state index contributed by atoms with van der Waals surface area (Å²) in [6.07, 6.45) is -0.964. The van der Waals surface area contributed by atoms with Gasteiger partial charge in [0.2, 0.25) is 0 Å². The van der Waals surface area contributed by atoms with Gasteiger partial charge in [-0.15, -0.1) is 11.3 Å². The lowest BCUT2D eigenvalue weighted by molar-refractivity contribution is -0.147. The zero-order chi connectivity index (χ0) is 20.1. The third-order valence-electron chi connectivity index (χ3n) is 4.00. The standard InChI is InChI=1S/C21H19F2NO3S/c1-3-26-19-7-5-4-6-16(19)21-24-15(12-28-21)11-20(25)27-13(2)17-10-14(22)8-9-18(17)23/h4-10,12-13H,3,11H2,1-2H3. The highest BCUT2D eigenvalue weighted by Crippen LogP contribution is 2.32. The molecule has 1 heterocycles. The number of halogens is 2. The molecule has 1 aromatic heterocycles. The molecule has 0 fully saturated rings. The van der Waals surface area contributed by atoms with E-state index in [-0.39, 0.29) is 12.0 Å². The molecule has 0 radical (unpaired) electrons. The van der Waals surface area contributed by atoms with Crippen LogP contribution < -0.4 is 4.74 Å². The van der Waals surface area contributed by atoms with Gasteiger partial charge in [-0.25, -0.2) is 13.8 Å². The summed E-state index contributed by atoms with van der Waals surface area (Å²) in [6, 6.07) is 10.6. The van der Waals surface area contributed by atoms with Crippen molar-refractivity contribution < 1.29 is 23.0 Å². The third-order valence-corrected chi connectivity index (χ3v) is 4.92. The van der Waals surface area contributed by atoms with Crippen LogP contribution in [0.15, 0.2) is 47.8 Å². The van der Waals surface area contributed by atoms with Crippen molar-refractivity contribution in [3.8, 4) is 16.3 Å². The number of carbonyl (C=O) groups is 1. The van der Waals surface area contributed by atoms with Gasteiger partial charge in [0.1, 0.15) is 28.5 Å². The fourth-order valence-corrected chi connectivity index (χ4v) is 3.56. The summed E-state index contributed by atoms with van der Waals surface area (Å²) in [6.45, 7) is 3.94. The lowest BCUT2D eigenvalue weighted by atomic mass is 10.1. The maximum atomic E-state index is 13.8. The molecule has 0 spiro atoms. The molecule has 0 saturated carbocycles. The van der Waals surface area contributed by atoms with Gasteiger partial charge < -0.3 is 9.47 Å². The molecule has 0 bridgehead atoms. The monoisotopic (exact) mass is 403 g/mol. The van der Waals surface area contributed by atoms with E-state index in [1.807, 2.05) is 31.2 Å². The molecule has 28 heavy (non-hydrogen) atoms. The molecule has 1 atom stereocenters. The highest BCUT2D eigenvalue weighted by Gasteiger charge is 2.18. The number of aromatic nitrogens is 1. The molecule has 7 heteroatoms. The van der Waals surface area contributed by atoms with Gasteiger partial charge in [-0.05, 0) is 44.2 Å². The first-order valence-electron chi connectivity index (χ1n) is 8.79. The molecular weight excluding hydrogens is 384 g/mol. The van der Waals surface area contributed by atoms with Crippen molar-refractivity contribution in [3.05, 3.63) is 70.7 Å². The minimum Gasteiger partial charge on any atom is -0.493 e. The number of hydrogen-bond acceptors (Lipinski definition) is 5. The van der Waals surface area contributed by atoms with Crippen LogP contribution in [0, 0.1) is 11.6 Å². The highest BCUT2D eigenvalue weighted by atomic mass is 32.1. The van der Waals surface area contributed by atoms with Crippen molar-refractivity contribution in [1.29, 1.82) is 0 Å². The Morgan fingerprint density at radius 2 is 2.00 bits per heavy atom. The van der Waals surface area contributed by atoms with Crippen LogP contribution in [0.3, 0.4) is 0 Å². The Labute approximate surface area is 165 Å². The second kappa shape index (κ2) is 8.93. The molecule has 0 amide bonds. The first kappa shape index (κ1) is 19.9. The number of hydrogen-bond donors (Lipinski definition) is 0. The molecular formula is C21H19F2NO3S. The van der Waals surface area contributed by atoms with E-state index in [4.69, 9.17) is 9.47 Å². The Morgan fingerprint density at radius 1 is 1.21 bits per heavy atom. The number of benzene rings is 2. The maximum absolute atomic E-state index is 13.8. The topological polar surface area (TPSA) is 48.4 Å². The average Bonchev–Trinajstić information content (AvgIpc) is 3.12. The van der Waals surface area contributed by atoms with E-state index in [1.165, 1.54) is 18.3 Å². The Morgan fingerprint density at radius 3 is 2.79 bits per heavy atom. The summed E-state index contributed by atoms with van der Waals surface area (Å²) in [5.74, 6) is -1.05. The molecule has 0 N–H and O–H groups in total. The Bertz CT molecular complexity index is 974. The minimum atomic E-state index is -0.903. The van der Waals surface area contributed by atoms with E-state index < -0.39 is 23.7 Å². The molecule has 0 aliphatic carbocycles. The van der Waals surface area contributed by atoms with E-state index in [0.29, 0.717) is 12.3 Å². The molecule has 1 unspecified atom stereocenters. The molecule has 0 aliphatic heterocycles. The molecule has 2 aromatic carbocycles. The summed E-state index contributed by atoms with van der Waals surface area (Å²) < 4.78 is 38.0. The minimum absolute atomic E-state index is 0.00189. The Balaban J connectivity index is 1.68. The van der Waals surface area contributed by atoms with Crippen LogP contribution in [-0.2, 0) is 16.0 Å².